The van der Waals surface area contributed by atoms with E-state index < -0.39 is 23.6 Å². The van der Waals surface area contributed by atoms with Crippen LogP contribution in [0.5, 0.6) is 0 Å². The van der Waals surface area contributed by atoms with Crippen molar-refractivity contribution in [1.82, 2.24) is 79.8 Å². The Kier molecular flexibility index (Phi) is 30.5. The lowest BCUT2D eigenvalue weighted by atomic mass is 10.1. The number of amides is 6. The summed E-state index contributed by atoms with van der Waals surface area (Å²) in [6, 6.07) is 34.8. The van der Waals surface area contributed by atoms with E-state index in [0.29, 0.717) is 96.9 Å². The number of carbonyl (C=O) groups excluding carboxylic acids is 6. The fourth-order valence-electron chi connectivity index (χ4n) is 13.4. The monoisotopic (exact) mass is 1680 g/mol. The third-order valence-electron chi connectivity index (χ3n) is 19.9. The Bertz CT molecular complexity index is 5240. The van der Waals surface area contributed by atoms with Crippen LogP contribution in [0, 0.1) is 0 Å². The fraction of sp³-hybridized carbons (Fsp3) is 0.310. The molecule has 6 amide bonds. The molecule has 11 heterocycles. The molecule has 4 aromatic carbocycles. The maximum absolute atomic E-state index is 12.9. The normalized spacial score (nSPS) is 13.5. The molecule has 8 aromatic heterocycles. The first-order valence-electron chi connectivity index (χ1n) is 40.6. The molecule has 0 unspecified atom stereocenters. The quantitative estimate of drug-likeness (QED) is 0.0186. The number of hydrogen-bond acceptors (Lipinski definition) is 28. The molecule has 0 spiro atoms. The predicted octanol–water partition coefficient (Wildman–Crippen LogP) is 12.8. The van der Waals surface area contributed by atoms with Gasteiger partial charge in [0.15, 0.2) is 22.8 Å². The van der Waals surface area contributed by atoms with E-state index in [4.69, 9.17) is 44.1 Å². The van der Waals surface area contributed by atoms with Crippen LogP contribution < -0.4 is 70.0 Å². The van der Waals surface area contributed by atoms with Crippen molar-refractivity contribution in [1.29, 1.82) is 0 Å². The number of anilines is 12. The van der Waals surface area contributed by atoms with Gasteiger partial charge in [-0.25, -0.2) is 9.97 Å². The minimum atomic E-state index is -0.462. The van der Waals surface area contributed by atoms with E-state index in [0.717, 1.165) is 127 Å². The van der Waals surface area contributed by atoms with Crippen molar-refractivity contribution in [3.05, 3.63) is 235 Å². The van der Waals surface area contributed by atoms with Crippen LogP contribution in [0.1, 0.15) is 163 Å². The van der Waals surface area contributed by atoms with Crippen LogP contribution in [-0.2, 0) is 48.2 Å². The number of nitrogens with zero attached hydrogens (tertiary/aromatic N) is 15. The zero-order valence-electron chi connectivity index (χ0n) is 69.9. The number of rotatable bonds is 30. The zero-order chi connectivity index (χ0) is 86.3. The lowest BCUT2D eigenvalue weighted by molar-refractivity contribution is -0.112. The second-order valence-electron chi connectivity index (χ2n) is 30.1. The van der Waals surface area contributed by atoms with Gasteiger partial charge in [-0.1, -0.05) is 110 Å². The van der Waals surface area contributed by atoms with Crippen LogP contribution in [0.3, 0.4) is 0 Å². The predicted molar refractivity (Wildman–Crippen MR) is 476 cm³/mol. The Morgan fingerprint density at radius 1 is 0.387 bits per heavy atom. The van der Waals surface area contributed by atoms with Crippen molar-refractivity contribution in [3.8, 4) is 0 Å². The summed E-state index contributed by atoms with van der Waals surface area (Å²) in [7, 11) is 0. The van der Waals surface area contributed by atoms with Crippen LogP contribution in [0.2, 0.25) is 0 Å². The minimum Gasteiger partial charge on any atom is -0.381 e. The molecule has 0 aliphatic carbocycles. The van der Waals surface area contributed by atoms with Crippen LogP contribution in [0.4, 0.5) is 70.1 Å². The Morgan fingerprint density at radius 3 is 1.13 bits per heavy atom. The van der Waals surface area contributed by atoms with Crippen molar-refractivity contribution in [2.24, 2.45) is 0 Å². The molecule has 0 saturated carbocycles. The first-order chi connectivity index (χ1) is 59.7. The van der Waals surface area contributed by atoms with Gasteiger partial charge in [-0.3, -0.25) is 33.8 Å². The third kappa shape index (κ3) is 24.0. The van der Waals surface area contributed by atoms with Crippen LogP contribution in [0.15, 0.2) is 184 Å². The number of benzene rings is 4. The van der Waals surface area contributed by atoms with Gasteiger partial charge in [-0.15, -0.1) is 0 Å². The van der Waals surface area contributed by atoms with Gasteiger partial charge < -0.3 is 84.2 Å². The molecule has 15 N–H and O–H groups in total. The van der Waals surface area contributed by atoms with Gasteiger partial charge >= 0.3 is 0 Å². The maximum Gasteiger partial charge on any atom is 0.275 e. The topological polar surface area (TPSA) is 477 Å². The molecule has 12 aromatic rings. The van der Waals surface area contributed by atoms with Crippen LogP contribution in [0.25, 0.3) is 16.9 Å². The summed E-state index contributed by atoms with van der Waals surface area (Å²) in [5, 5.41) is 50.5. The van der Waals surface area contributed by atoms with E-state index >= 15 is 0 Å². The van der Waals surface area contributed by atoms with E-state index in [9.17, 15) is 28.8 Å². The second kappa shape index (κ2) is 42.6. The highest BCUT2D eigenvalue weighted by atomic mass is 16.5. The summed E-state index contributed by atoms with van der Waals surface area (Å²) in [4.78, 5) is 114. The highest BCUT2D eigenvalue weighted by molar-refractivity contribution is 6.07. The average Bonchev–Trinajstić information content (AvgIpc) is 1.64. The third-order valence-corrected chi connectivity index (χ3v) is 19.9. The minimum absolute atomic E-state index is 0. The van der Waals surface area contributed by atoms with Crippen molar-refractivity contribution in [2.75, 3.05) is 103 Å². The summed E-state index contributed by atoms with van der Waals surface area (Å²) in [5.41, 5.74) is 11.1. The van der Waals surface area contributed by atoms with Crippen molar-refractivity contribution >= 4 is 122 Å². The van der Waals surface area contributed by atoms with Crippen LogP contribution >= 0.6 is 0 Å². The summed E-state index contributed by atoms with van der Waals surface area (Å²) < 4.78 is 21.6. The number of aromatic nitrogens is 15. The number of nitrogens with one attached hydrogen (secondary N) is 12. The number of hydrogen-bond donors (Lipinski definition) is 13. The Hall–Kier alpha value is -14.6. The molecule has 0 radical (unpaired) electrons. The van der Waals surface area contributed by atoms with Gasteiger partial charge in [0.25, 0.3) is 17.7 Å². The highest BCUT2D eigenvalue weighted by Crippen LogP contribution is 2.29. The Labute approximate surface area is 715 Å². The van der Waals surface area contributed by atoms with Gasteiger partial charge in [-0.2, -0.15) is 58.7 Å². The molecule has 37 nitrogen and oxygen atoms in total. The molecule has 0 bridgehead atoms. The first-order valence-corrected chi connectivity index (χ1v) is 40.6. The maximum atomic E-state index is 12.9. The average molecular weight is 1680 g/mol. The van der Waals surface area contributed by atoms with Gasteiger partial charge in [0.1, 0.15) is 17.2 Å². The first kappa shape index (κ1) is 88.7. The molecular formula is C87H102N28O9. The summed E-state index contributed by atoms with van der Waals surface area (Å²) in [5.74, 6) is 2.17. The van der Waals surface area contributed by atoms with E-state index in [1.165, 1.54) is 18.5 Å². The molecule has 3 aliphatic rings. The highest BCUT2D eigenvalue weighted by Gasteiger charge is 2.25. The molecule has 644 valence electrons. The largest absolute Gasteiger partial charge is 0.381 e. The molecule has 3 fully saturated rings. The molecule has 0 atom stereocenters. The molecule has 15 rings (SSSR count). The van der Waals surface area contributed by atoms with Crippen LogP contribution in [-0.4, -0.2) is 167 Å². The van der Waals surface area contributed by atoms with Gasteiger partial charge in [0, 0.05) is 122 Å². The lowest BCUT2D eigenvalue weighted by Crippen LogP contribution is -2.29. The van der Waals surface area contributed by atoms with Gasteiger partial charge in [0.05, 0.1) is 31.0 Å². The summed E-state index contributed by atoms with van der Waals surface area (Å²) in [6.07, 6.45) is 17.0. The van der Waals surface area contributed by atoms with E-state index in [1.54, 1.807) is 68.1 Å². The smallest absolute Gasteiger partial charge is 0.275 e. The Morgan fingerprint density at radius 2 is 0.734 bits per heavy atom. The number of fused-ring (bicyclic) bond motifs is 3. The zero-order valence-corrected chi connectivity index (χ0v) is 69.9. The van der Waals surface area contributed by atoms with Crippen molar-refractivity contribution < 1.29 is 43.0 Å². The standard InChI is InChI=1S/C30H34N8O3.C29H33N9O3.C28H32N10O3.H3N/c1-4-26(39)33-24-10-6-8-21(16-24)28(40)34-23-9-5-7-20(15-23)17-31-30-37-29(35-22-11-13-41-14-12-22)36-27-25(19(2)3)18-32-38(27)30;1-4-25(39)35-24-10-6-9-23(34-24)27(40)32-21-8-5-7-19(15-21)16-30-29-37-28(33-20-11-13-41-14-12-20)36-26-22(18(2)3)17-31-38(26)29;1-4-24(39)35-23-16-29-15-22(34-23)26(40)32-20-7-5-6-18(12-20)13-30-28-37-27(33-19-8-10-41-11-9-19)36-25-21(17(2)3)14-31-38(25)28;/h4-10,15-16,18-19,22H,1,11-14,17H2,2-3H3,(H,33,39)(H,34,40)(H2,31,35,36,37);4-10,15,17-18,20H,1,11-14,16H2,2-3H3,(H,32,40)(H,34,35,39)(H2,30,33,36,37);4-7,12,14-17,19H,1,8-11,13H2,2-3H3,(H,32,40)(H,34,35,39)(H2,30,33,36,37);1H3. The summed E-state index contributed by atoms with van der Waals surface area (Å²) in [6.45, 7) is 28.6. The van der Waals surface area contributed by atoms with E-state index in [1.807, 2.05) is 79.3 Å². The van der Waals surface area contributed by atoms with E-state index in [-0.39, 0.29) is 76.9 Å². The number of ether oxygens (including phenoxy) is 3. The molecule has 3 saturated heterocycles. The lowest BCUT2D eigenvalue weighted by Gasteiger charge is -2.23. The molecule has 124 heavy (non-hydrogen) atoms. The van der Waals surface area contributed by atoms with Gasteiger partial charge in [-0.05, 0) is 158 Å². The number of pyridine rings is 1. The van der Waals surface area contributed by atoms with Gasteiger partial charge in [0.2, 0.25) is 53.4 Å². The second-order valence-corrected chi connectivity index (χ2v) is 30.1. The number of carbonyl (C=O) groups is 6. The Balaban J connectivity index is 0.000000169. The van der Waals surface area contributed by atoms with Crippen molar-refractivity contribution in [2.45, 2.75) is 136 Å². The van der Waals surface area contributed by atoms with E-state index in [2.05, 4.69) is 155 Å². The molecule has 3 aliphatic heterocycles. The molecular weight excluding hydrogens is 1580 g/mol. The summed E-state index contributed by atoms with van der Waals surface area (Å²) >= 11 is 0. The van der Waals surface area contributed by atoms with Crippen molar-refractivity contribution in [3.63, 3.8) is 0 Å². The molecule has 37 heteroatoms. The fourth-order valence-corrected chi connectivity index (χ4v) is 13.4. The SMILES string of the molecule is C=CC(=O)Nc1cccc(C(=O)Nc2cccc(CNc3nc(NC4CCOCC4)nc4c(C(C)C)cnn34)c2)c1.C=CC(=O)Nc1cccc(C(=O)Nc2cccc(CNc3nc(NC4CCOCC4)nc4c(C(C)C)cnn34)c2)n1.C=CC(=O)Nc1cncc(C(=O)Nc2cccc(CNc3nc(NC4CCOCC4)nc4c(C(C)C)cnn34)c2)n1.N.